The third-order valence-corrected chi connectivity index (χ3v) is 7.83. The topological polar surface area (TPSA) is 78.4 Å². The van der Waals surface area contributed by atoms with Gasteiger partial charge in [-0.3, -0.25) is 9.59 Å². The van der Waals surface area contributed by atoms with Gasteiger partial charge < -0.3 is 15.7 Å². The number of carbonyl (C=O) groups excluding carboxylic acids is 2. The Morgan fingerprint density at radius 1 is 1.07 bits per heavy atom. The molecule has 0 fully saturated rings. The summed E-state index contributed by atoms with van der Waals surface area (Å²) in [5.41, 5.74) is 2.64. The van der Waals surface area contributed by atoms with Crippen LogP contribution in [0.5, 0.6) is 0 Å². The zero-order valence-corrected chi connectivity index (χ0v) is 17.3. The Morgan fingerprint density at radius 3 is 2.46 bits per heavy atom. The highest BCUT2D eigenvalue weighted by Crippen LogP contribution is 2.60. The molecule has 0 bridgehead atoms. The van der Waals surface area contributed by atoms with Gasteiger partial charge in [0.05, 0.1) is 18.2 Å². The highest BCUT2D eigenvalue weighted by molar-refractivity contribution is 5.74. The van der Waals surface area contributed by atoms with Gasteiger partial charge in [-0.25, -0.2) is 0 Å². The van der Waals surface area contributed by atoms with E-state index in [0.29, 0.717) is 5.92 Å². The summed E-state index contributed by atoms with van der Waals surface area (Å²) in [5.74, 6) is 0.515. The van der Waals surface area contributed by atoms with E-state index in [4.69, 9.17) is 0 Å². The SMILES string of the molecule is CC(=O)NC1CC2CC(O)C=C[C@]2(C)C2=C1[C@@H]1C=CC(NC(C)=O)[C@@]1(C)CC2. The van der Waals surface area contributed by atoms with Gasteiger partial charge in [0.1, 0.15) is 0 Å². The van der Waals surface area contributed by atoms with Gasteiger partial charge in [0.25, 0.3) is 0 Å². The molecule has 0 aromatic rings. The van der Waals surface area contributed by atoms with Crippen LogP contribution in [0.3, 0.4) is 0 Å². The van der Waals surface area contributed by atoms with E-state index in [-0.39, 0.29) is 40.6 Å². The molecule has 0 radical (unpaired) electrons. The second-order valence-corrected chi connectivity index (χ2v) is 9.61. The average molecular weight is 385 g/mol. The summed E-state index contributed by atoms with van der Waals surface area (Å²) in [4.78, 5) is 23.7. The molecule has 5 heteroatoms. The number of amides is 2. The lowest BCUT2D eigenvalue weighted by Gasteiger charge is -2.55. The smallest absolute Gasteiger partial charge is 0.217 e. The Labute approximate surface area is 167 Å². The number of hydrogen-bond donors (Lipinski definition) is 3. The lowest BCUT2D eigenvalue weighted by molar-refractivity contribution is -0.120. The summed E-state index contributed by atoms with van der Waals surface area (Å²) >= 11 is 0. The summed E-state index contributed by atoms with van der Waals surface area (Å²) in [7, 11) is 0. The van der Waals surface area contributed by atoms with Gasteiger partial charge in [-0.15, -0.1) is 0 Å². The van der Waals surface area contributed by atoms with Crippen LogP contribution in [0.4, 0.5) is 0 Å². The molecule has 4 rings (SSSR count). The number of aliphatic hydroxyl groups is 1. The van der Waals surface area contributed by atoms with Crippen LogP contribution in [0.15, 0.2) is 35.5 Å². The van der Waals surface area contributed by atoms with Crippen LogP contribution in [0.2, 0.25) is 0 Å². The number of nitrogens with one attached hydrogen (secondary N) is 2. The second-order valence-electron chi connectivity index (χ2n) is 9.61. The van der Waals surface area contributed by atoms with Crippen molar-refractivity contribution in [3.05, 3.63) is 35.5 Å². The maximum Gasteiger partial charge on any atom is 0.217 e. The Kier molecular flexibility index (Phi) is 4.57. The van der Waals surface area contributed by atoms with Gasteiger partial charge in [-0.1, -0.05) is 43.7 Å². The second kappa shape index (κ2) is 6.58. The Hall–Kier alpha value is -1.88. The number of carbonyl (C=O) groups is 2. The van der Waals surface area contributed by atoms with Crippen LogP contribution in [0.1, 0.15) is 53.4 Å². The average Bonchev–Trinajstić information content (AvgIpc) is 2.92. The molecular weight excluding hydrogens is 352 g/mol. The molecule has 2 amide bonds. The van der Waals surface area contributed by atoms with Gasteiger partial charge in [0.2, 0.25) is 11.8 Å². The summed E-state index contributed by atoms with van der Waals surface area (Å²) in [6.45, 7) is 7.71. The Bertz CT molecular complexity index is 798. The van der Waals surface area contributed by atoms with E-state index in [0.717, 1.165) is 25.7 Å². The first-order valence-electron chi connectivity index (χ1n) is 10.5. The molecule has 0 aromatic carbocycles. The quantitative estimate of drug-likeness (QED) is 0.641. The van der Waals surface area contributed by atoms with E-state index < -0.39 is 6.10 Å². The van der Waals surface area contributed by atoms with Crippen molar-refractivity contribution in [3.8, 4) is 0 Å². The third-order valence-electron chi connectivity index (χ3n) is 7.83. The molecule has 28 heavy (non-hydrogen) atoms. The molecule has 7 atom stereocenters. The summed E-state index contributed by atoms with van der Waals surface area (Å²) in [5, 5.41) is 16.5. The maximum atomic E-state index is 12.0. The van der Waals surface area contributed by atoms with E-state index in [1.807, 2.05) is 6.08 Å². The highest BCUT2D eigenvalue weighted by Gasteiger charge is 2.55. The van der Waals surface area contributed by atoms with E-state index in [9.17, 15) is 14.7 Å². The van der Waals surface area contributed by atoms with Crippen molar-refractivity contribution in [3.63, 3.8) is 0 Å². The normalized spacial score (nSPS) is 43.8. The van der Waals surface area contributed by atoms with Crippen molar-refractivity contribution in [2.45, 2.75) is 71.6 Å². The largest absolute Gasteiger partial charge is 0.389 e. The predicted octanol–water partition coefficient (Wildman–Crippen LogP) is 2.63. The molecule has 4 aliphatic carbocycles. The van der Waals surface area contributed by atoms with Crippen molar-refractivity contribution in [2.24, 2.45) is 22.7 Å². The van der Waals surface area contributed by atoms with Crippen LogP contribution >= 0.6 is 0 Å². The standard InChI is InChI=1S/C23H32N2O3/c1-13(26)24-19-12-15-11-16(28)7-9-22(15,3)18-8-10-23(4)17(21(18)19)5-6-20(23)25-14(2)27/h5-7,9,15-17,19-20,28H,8,10-12H2,1-4H3,(H,24,26)(H,25,27)/t15?,16?,17-,19?,20?,22-,23-/m0/s1. The molecule has 5 nitrogen and oxygen atoms in total. The molecule has 0 aromatic heterocycles. The Balaban J connectivity index is 1.80. The van der Waals surface area contributed by atoms with E-state index in [1.54, 1.807) is 13.8 Å². The van der Waals surface area contributed by atoms with Crippen LogP contribution in [0.25, 0.3) is 0 Å². The first-order valence-corrected chi connectivity index (χ1v) is 10.5. The molecule has 4 aliphatic rings. The fraction of sp³-hybridized carbons (Fsp3) is 0.652. The van der Waals surface area contributed by atoms with Crippen molar-refractivity contribution < 1.29 is 14.7 Å². The fourth-order valence-corrected chi connectivity index (χ4v) is 6.33. The molecule has 4 unspecified atom stereocenters. The van der Waals surface area contributed by atoms with Crippen molar-refractivity contribution in [2.75, 3.05) is 0 Å². The molecule has 0 saturated heterocycles. The molecule has 0 aliphatic heterocycles. The summed E-state index contributed by atoms with van der Waals surface area (Å²) < 4.78 is 0. The van der Waals surface area contributed by atoms with Crippen molar-refractivity contribution in [1.82, 2.24) is 10.6 Å². The van der Waals surface area contributed by atoms with E-state index >= 15 is 0 Å². The summed E-state index contributed by atoms with van der Waals surface area (Å²) in [6, 6.07) is 0.0194. The minimum Gasteiger partial charge on any atom is -0.389 e. The van der Waals surface area contributed by atoms with Gasteiger partial charge >= 0.3 is 0 Å². The Morgan fingerprint density at radius 2 is 1.79 bits per heavy atom. The van der Waals surface area contributed by atoms with Crippen LogP contribution in [0, 0.1) is 22.7 Å². The number of rotatable bonds is 2. The van der Waals surface area contributed by atoms with E-state index in [1.165, 1.54) is 11.1 Å². The fourth-order valence-electron chi connectivity index (χ4n) is 6.33. The van der Waals surface area contributed by atoms with Crippen LogP contribution in [-0.4, -0.2) is 35.1 Å². The number of fused-ring (bicyclic) bond motifs is 4. The lowest BCUT2D eigenvalue weighted by atomic mass is 9.51. The van der Waals surface area contributed by atoms with Gasteiger partial charge in [0, 0.05) is 30.6 Å². The maximum absolute atomic E-state index is 12.0. The molecular formula is C23H32N2O3. The van der Waals surface area contributed by atoms with Crippen LogP contribution in [-0.2, 0) is 9.59 Å². The first-order chi connectivity index (χ1) is 13.1. The van der Waals surface area contributed by atoms with Crippen LogP contribution < -0.4 is 10.6 Å². The number of allylic oxidation sites excluding steroid dienone is 3. The van der Waals surface area contributed by atoms with Crippen molar-refractivity contribution in [1.29, 1.82) is 0 Å². The first kappa shape index (κ1) is 19.4. The monoisotopic (exact) mass is 384 g/mol. The minimum absolute atomic E-state index is 0.00497. The number of hydrogen-bond acceptors (Lipinski definition) is 3. The van der Waals surface area contributed by atoms with Crippen molar-refractivity contribution >= 4 is 11.8 Å². The molecule has 0 heterocycles. The van der Waals surface area contributed by atoms with Gasteiger partial charge in [-0.2, -0.15) is 0 Å². The minimum atomic E-state index is -0.400. The predicted molar refractivity (Wildman–Crippen MR) is 108 cm³/mol. The number of aliphatic hydroxyl groups excluding tert-OH is 1. The molecule has 152 valence electrons. The lowest BCUT2D eigenvalue weighted by Crippen LogP contribution is -2.54. The molecule has 0 spiro atoms. The third kappa shape index (κ3) is 2.86. The van der Waals surface area contributed by atoms with Gasteiger partial charge in [-0.05, 0) is 37.2 Å². The zero-order chi connectivity index (χ0) is 20.3. The molecule has 0 saturated carbocycles. The zero-order valence-electron chi connectivity index (χ0n) is 17.3. The van der Waals surface area contributed by atoms with E-state index in [2.05, 4.69) is 42.7 Å². The highest BCUT2D eigenvalue weighted by atomic mass is 16.3. The molecule has 3 N–H and O–H groups in total. The summed E-state index contributed by atoms with van der Waals surface area (Å²) in [6.07, 6.45) is 11.7. The van der Waals surface area contributed by atoms with Gasteiger partial charge in [0.15, 0.2) is 0 Å².